The number of hydrogen-bond donors (Lipinski definition) is 1. The van der Waals surface area contributed by atoms with Crippen LogP contribution in [-0.4, -0.2) is 35.0 Å². The molecule has 3 rings (SSSR count). The predicted molar refractivity (Wildman–Crippen MR) is 85.2 cm³/mol. The highest BCUT2D eigenvalue weighted by atomic mass is 35.5. The Balaban J connectivity index is 2.02. The number of hydrogen-bond acceptors (Lipinski definition) is 4. The highest BCUT2D eigenvalue weighted by Gasteiger charge is 2.50. The van der Waals surface area contributed by atoms with Crippen molar-refractivity contribution < 1.29 is 0 Å². The minimum Gasteiger partial charge on any atom is -0.363 e. The minimum absolute atomic E-state index is 0.0132. The molecule has 21 heavy (non-hydrogen) atoms. The topological polar surface area (TPSA) is 50.2 Å². The van der Waals surface area contributed by atoms with Gasteiger partial charge in [0, 0.05) is 25.2 Å². The summed E-state index contributed by atoms with van der Waals surface area (Å²) >= 11 is 6.38. The van der Waals surface area contributed by atoms with Gasteiger partial charge in [0.1, 0.15) is 5.02 Å². The molecule has 0 spiro atoms. The summed E-state index contributed by atoms with van der Waals surface area (Å²) in [4.78, 5) is 14.6. The zero-order valence-electron chi connectivity index (χ0n) is 13.1. The van der Waals surface area contributed by atoms with Gasteiger partial charge in [0.15, 0.2) is 0 Å². The molecular formula is C15H23ClN4O. The Labute approximate surface area is 130 Å². The SMILES string of the molecule is CC(C)n1ncc(N2CC3CNCC3C2(C)C)c(Cl)c1=O. The Kier molecular flexibility index (Phi) is 3.53. The summed E-state index contributed by atoms with van der Waals surface area (Å²) in [6, 6.07) is 0.0132. The number of aromatic nitrogens is 2. The van der Waals surface area contributed by atoms with Gasteiger partial charge in [0.25, 0.3) is 5.56 Å². The van der Waals surface area contributed by atoms with Gasteiger partial charge in [-0.15, -0.1) is 0 Å². The zero-order chi connectivity index (χ0) is 15.4. The Morgan fingerprint density at radius 1 is 1.43 bits per heavy atom. The van der Waals surface area contributed by atoms with Gasteiger partial charge in [-0.05, 0) is 39.5 Å². The van der Waals surface area contributed by atoms with E-state index in [4.69, 9.17) is 11.6 Å². The monoisotopic (exact) mass is 310 g/mol. The molecule has 1 aromatic rings. The third kappa shape index (κ3) is 2.18. The molecule has 2 saturated heterocycles. The van der Waals surface area contributed by atoms with Crippen molar-refractivity contribution in [3.05, 3.63) is 21.6 Å². The van der Waals surface area contributed by atoms with Crippen LogP contribution in [0.15, 0.2) is 11.0 Å². The Hall–Kier alpha value is -1.07. The van der Waals surface area contributed by atoms with Crippen LogP contribution in [0.4, 0.5) is 5.69 Å². The highest BCUT2D eigenvalue weighted by molar-refractivity contribution is 6.33. The lowest BCUT2D eigenvalue weighted by Gasteiger charge is -2.37. The van der Waals surface area contributed by atoms with E-state index in [2.05, 4.69) is 29.2 Å². The van der Waals surface area contributed by atoms with Crippen LogP contribution in [0, 0.1) is 11.8 Å². The Morgan fingerprint density at radius 2 is 2.14 bits per heavy atom. The molecule has 2 fully saturated rings. The first-order valence-electron chi connectivity index (χ1n) is 7.59. The van der Waals surface area contributed by atoms with Crippen molar-refractivity contribution in [3.63, 3.8) is 0 Å². The molecule has 2 unspecified atom stereocenters. The van der Waals surface area contributed by atoms with Gasteiger partial charge in [-0.3, -0.25) is 4.79 Å². The lowest BCUT2D eigenvalue weighted by atomic mass is 9.85. The van der Waals surface area contributed by atoms with Crippen LogP contribution in [0.1, 0.15) is 33.7 Å². The van der Waals surface area contributed by atoms with E-state index < -0.39 is 0 Å². The summed E-state index contributed by atoms with van der Waals surface area (Å²) in [5.41, 5.74) is 0.559. The van der Waals surface area contributed by atoms with Gasteiger partial charge in [-0.1, -0.05) is 11.6 Å². The molecule has 116 valence electrons. The first-order chi connectivity index (χ1) is 9.84. The molecule has 3 heterocycles. The van der Waals surface area contributed by atoms with Crippen molar-refractivity contribution in [1.82, 2.24) is 15.1 Å². The predicted octanol–water partition coefficient (Wildman–Crippen LogP) is 1.91. The molecule has 1 aromatic heterocycles. The minimum atomic E-state index is -0.199. The summed E-state index contributed by atoms with van der Waals surface area (Å²) < 4.78 is 1.44. The smallest absolute Gasteiger partial charge is 0.287 e. The second-order valence-electron chi connectivity index (χ2n) is 6.98. The normalized spacial score (nSPS) is 27.4. The number of rotatable bonds is 2. The van der Waals surface area contributed by atoms with Gasteiger partial charge < -0.3 is 10.2 Å². The van der Waals surface area contributed by atoms with E-state index in [0.29, 0.717) is 16.9 Å². The number of nitrogens with zero attached hydrogens (tertiary/aromatic N) is 3. The lowest BCUT2D eigenvalue weighted by molar-refractivity contribution is 0.356. The summed E-state index contributed by atoms with van der Waals surface area (Å²) in [5.74, 6) is 1.20. The fraction of sp³-hybridized carbons (Fsp3) is 0.733. The molecule has 2 aliphatic rings. The Bertz CT molecular complexity index is 610. The third-order valence-corrected chi connectivity index (χ3v) is 5.42. The van der Waals surface area contributed by atoms with Crippen molar-refractivity contribution in [2.24, 2.45) is 11.8 Å². The molecular weight excluding hydrogens is 288 g/mol. The van der Waals surface area contributed by atoms with Crippen LogP contribution in [0.3, 0.4) is 0 Å². The third-order valence-electron chi connectivity index (χ3n) is 5.07. The van der Waals surface area contributed by atoms with Gasteiger partial charge in [-0.2, -0.15) is 5.10 Å². The summed E-state index contributed by atoms with van der Waals surface area (Å²) in [5, 5.41) is 8.06. The van der Waals surface area contributed by atoms with E-state index in [-0.39, 0.29) is 17.1 Å². The number of fused-ring (bicyclic) bond motifs is 1. The molecule has 0 amide bonds. The van der Waals surface area contributed by atoms with Crippen molar-refractivity contribution in [3.8, 4) is 0 Å². The fourth-order valence-electron chi connectivity index (χ4n) is 3.82. The van der Waals surface area contributed by atoms with E-state index in [1.165, 1.54) is 4.68 Å². The van der Waals surface area contributed by atoms with Gasteiger partial charge in [0.2, 0.25) is 0 Å². The largest absolute Gasteiger partial charge is 0.363 e. The van der Waals surface area contributed by atoms with Gasteiger partial charge >= 0.3 is 0 Å². The first kappa shape index (κ1) is 14.9. The highest BCUT2D eigenvalue weighted by Crippen LogP contribution is 2.44. The first-order valence-corrected chi connectivity index (χ1v) is 7.97. The van der Waals surface area contributed by atoms with Crippen LogP contribution in [-0.2, 0) is 0 Å². The molecule has 0 radical (unpaired) electrons. The zero-order valence-corrected chi connectivity index (χ0v) is 13.8. The number of halogens is 1. The quantitative estimate of drug-likeness (QED) is 0.906. The number of anilines is 1. The van der Waals surface area contributed by atoms with Crippen LogP contribution in [0.2, 0.25) is 5.02 Å². The molecule has 2 atom stereocenters. The van der Waals surface area contributed by atoms with Crippen molar-refractivity contribution >= 4 is 17.3 Å². The van der Waals surface area contributed by atoms with Gasteiger partial charge in [0.05, 0.1) is 17.9 Å². The van der Waals surface area contributed by atoms with E-state index in [0.717, 1.165) is 25.3 Å². The molecule has 1 N–H and O–H groups in total. The molecule has 6 heteroatoms. The maximum Gasteiger partial charge on any atom is 0.287 e. The fourth-order valence-corrected chi connectivity index (χ4v) is 4.06. The summed E-state index contributed by atoms with van der Waals surface area (Å²) in [7, 11) is 0. The average Bonchev–Trinajstić information content (AvgIpc) is 2.95. The summed E-state index contributed by atoms with van der Waals surface area (Å²) in [6.07, 6.45) is 1.75. The second kappa shape index (κ2) is 4.99. The van der Waals surface area contributed by atoms with E-state index >= 15 is 0 Å². The maximum absolute atomic E-state index is 12.4. The van der Waals surface area contributed by atoms with Crippen molar-refractivity contribution in [2.75, 3.05) is 24.5 Å². The molecule has 0 aromatic carbocycles. The van der Waals surface area contributed by atoms with E-state index in [1.807, 2.05) is 13.8 Å². The molecule has 0 aliphatic carbocycles. The molecule has 0 bridgehead atoms. The second-order valence-corrected chi connectivity index (χ2v) is 7.35. The molecule has 2 aliphatic heterocycles. The average molecular weight is 311 g/mol. The lowest BCUT2D eigenvalue weighted by Crippen LogP contribution is -2.45. The van der Waals surface area contributed by atoms with Crippen LogP contribution in [0.5, 0.6) is 0 Å². The number of nitrogens with one attached hydrogen (secondary N) is 1. The summed E-state index contributed by atoms with van der Waals surface area (Å²) in [6.45, 7) is 11.3. The maximum atomic E-state index is 12.4. The van der Waals surface area contributed by atoms with Crippen molar-refractivity contribution in [2.45, 2.75) is 39.3 Å². The Morgan fingerprint density at radius 3 is 2.76 bits per heavy atom. The molecule has 5 nitrogen and oxygen atoms in total. The molecule has 0 saturated carbocycles. The van der Waals surface area contributed by atoms with Crippen LogP contribution in [0.25, 0.3) is 0 Å². The van der Waals surface area contributed by atoms with E-state index in [1.54, 1.807) is 6.20 Å². The van der Waals surface area contributed by atoms with Crippen molar-refractivity contribution in [1.29, 1.82) is 0 Å². The van der Waals surface area contributed by atoms with Crippen LogP contribution >= 0.6 is 11.6 Å². The van der Waals surface area contributed by atoms with Crippen LogP contribution < -0.4 is 15.8 Å². The standard InChI is InChI=1S/C15H23ClN4O/c1-9(2)20-14(21)13(16)12(7-18-20)19-8-10-5-17-6-11(10)15(19,3)4/h7,9-11,17H,5-6,8H2,1-4H3. The van der Waals surface area contributed by atoms with Gasteiger partial charge in [-0.25, -0.2) is 4.68 Å². The van der Waals surface area contributed by atoms with E-state index in [9.17, 15) is 4.79 Å².